The molecule has 1 amide bonds. The molecule has 3 heterocycles. The number of aromatic nitrogens is 1. The number of hydrogen-bond donors (Lipinski definition) is 1. The zero-order valence-electron chi connectivity index (χ0n) is 21.7. The van der Waals surface area contributed by atoms with E-state index >= 15 is 0 Å². The monoisotopic (exact) mass is 524 g/mol. The van der Waals surface area contributed by atoms with Crippen LogP contribution >= 0.6 is 11.3 Å². The molecule has 1 N–H and O–H groups in total. The predicted molar refractivity (Wildman–Crippen MR) is 150 cm³/mol. The number of ketones is 1. The van der Waals surface area contributed by atoms with Crippen molar-refractivity contribution in [3.05, 3.63) is 93.6 Å². The lowest BCUT2D eigenvalue weighted by Crippen LogP contribution is -2.29. The molecule has 1 fully saturated rings. The summed E-state index contributed by atoms with van der Waals surface area (Å²) in [6.07, 6.45) is 1.64. The molecule has 2 atom stereocenters. The van der Waals surface area contributed by atoms with Gasteiger partial charge in [-0.3, -0.25) is 14.5 Å². The summed E-state index contributed by atoms with van der Waals surface area (Å²) in [6.45, 7) is 8.08. The number of aliphatic hydroxyl groups is 1. The number of benzene rings is 3. The first-order chi connectivity index (χ1) is 18.2. The molecule has 6 nitrogen and oxygen atoms in total. The first-order valence-electron chi connectivity index (χ1n) is 12.8. The number of fused-ring (bicyclic) bond motifs is 2. The Morgan fingerprint density at radius 2 is 1.87 bits per heavy atom. The molecule has 38 heavy (non-hydrogen) atoms. The van der Waals surface area contributed by atoms with Crippen molar-refractivity contribution in [2.45, 2.75) is 52.7 Å². The molecule has 2 aliphatic heterocycles. The van der Waals surface area contributed by atoms with Crippen molar-refractivity contribution in [2.24, 2.45) is 0 Å². The van der Waals surface area contributed by atoms with E-state index in [1.165, 1.54) is 16.2 Å². The minimum Gasteiger partial charge on any atom is -0.507 e. The fraction of sp³-hybridized carbons (Fsp3) is 0.258. The number of anilines is 1. The molecule has 0 saturated carbocycles. The van der Waals surface area contributed by atoms with E-state index in [0.717, 1.165) is 56.6 Å². The van der Waals surface area contributed by atoms with Gasteiger partial charge in [0.05, 0.1) is 21.8 Å². The summed E-state index contributed by atoms with van der Waals surface area (Å²) in [5.41, 5.74) is 6.34. The standard InChI is InChI=1S/C31H28N2O4S/c1-5-19-6-8-20(9-7-19)27-25(28(34)21-10-11-23-22(15-21)14-18(4)37-23)29(35)30(36)33(27)31-32-26-17(3)12-16(2)13-24(26)38-31/h6-13,15,18,27,34H,5,14H2,1-4H3/t18-,27-/m1/s1. The van der Waals surface area contributed by atoms with Crippen LogP contribution in [0.5, 0.6) is 5.75 Å². The lowest BCUT2D eigenvalue weighted by atomic mass is 9.94. The van der Waals surface area contributed by atoms with Gasteiger partial charge < -0.3 is 9.84 Å². The van der Waals surface area contributed by atoms with E-state index in [-0.39, 0.29) is 17.4 Å². The highest BCUT2D eigenvalue weighted by atomic mass is 32.1. The highest BCUT2D eigenvalue weighted by molar-refractivity contribution is 7.22. The largest absolute Gasteiger partial charge is 0.507 e. The molecule has 1 saturated heterocycles. The molecule has 0 unspecified atom stereocenters. The van der Waals surface area contributed by atoms with Crippen molar-refractivity contribution >= 4 is 44.1 Å². The van der Waals surface area contributed by atoms with E-state index in [4.69, 9.17) is 9.72 Å². The first-order valence-corrected chi connectivity index (χ1v) is 13.6. The van der Waals surface area contributed by atoms with Gasteiger partial charge in [0.2, 0.25) is 0 Å². The topological polar surface area (TPSA) is 79.7 Å². The number of rotatable bonds is 4. The third kappa shape index (κ3) is 3.89. The molecule has 6 rings (SSSR count). The normalized spacial score (nSPS) is 20.3. The fourth-order valence-electron chi connectivity index (χ4n) is 5.47. The van der Waals surface area contributed by atoms with Gasteiger partial charge in [-0.25, -0.2) is 4.98 Å². The van der Waals surface area contributed by atoms with Crippen LogP contribution in [0.25, 0.3) is 16.0 Å². The van der Waals surface area contributed by atoms with Gasteiger partial charge in [0.1, 0.15) is 17.6 Å². The number of carbonyl (C=O) groups excluding carboxylic acids is 2. The summed E-state index contributed by atoms with van der Waals surface area (Å²) in [5, 5.41) is 12.0. The minimum atomic E-state index is -0.800. The third-order valence-electron chi connectivity index (χ3n) is 7.34. The Labute approximate surface area is 225 Å². The van der Waals surface area contributed by atoms with Gasteiger partial charge in [-0.1, -0.05) is 48.6 Å². The molecule has 0 aliphatic carbocycles. The zero-order valence-corrected chi connectivity index (χ0v) is 22.6. The Bertz CT molecular complexity index is 1650. The van der Waals surface area contributed by atoms with Crippen LogP contribution < -0.4 is 9.64 Å². The van der Waals surface area contributed by atoms with E-state index in [1.807, 2.05) is 63.2 Å². The van der Waals surface area contributed by atoms with Crippen LogP contribution in [0.3, 0.4) is 0 Å². The summed E-state index contributed by atoms with van der Waals surface area (Å²) < 4.78 is 6.76. The van der Waals surface area contributed by atoms with Crippen LogP contribution in [0.1, 0.15) is 53.3 Å². The number of nitrogens with zero attached hydrogens (tertiary/aromatic N) is 2. The Hall–Kier alpha value is -3.97. The smallest absolute Gasteiger partial charge is 0.301 e. The second kappa shape index (κ2) is 9.10. The Balaban J connectivity index is 1.54. The number of ether oxygens (including phenoxy) is 1. The molecular formula is C31H28N2O4S. The highest BCUT2D eigenvalue weighted by Gasteiger charge is 2.48. The second-order valence-corrected chi connectivity index (χ2v) is 11.2. The van der Waals surface area contributed by atoms with Gasteiger partial charge in [0.15, 0.2) is 5.13 Å². The molecule has 7 heteroatoms. The number of hydrogen-bond acceptors (Lipinski definition) is 6. The van der Waals surface area contributed by atoms with Gasteiger partial charge in [-0.05, 0) is 79.3 Å². The van der Waals surface area contributed by atoms with Crippen molar-refractivity contribution in [3.8, 4) is 5.75 Å². The van der Waals surface area contributed by atoms with Crippen LogP contribution in [0.4, 0.5) is 5.13 Å². The maximum atomic E-state index is 13.6. The summed E-state index contributed by atoms with van der Waals surface area (Å²) in [5.74, 6) is -0.820. The van der Waals surface area contributed by atoms with E-state index in [9.17, 15) is 14.7 Å². The van der Waals surface area contributed by atoms with Crippen LogP contribution in [-0.4, -0.2) is 27.9 Å². The molecule has 0 bridgehead atoms. The number of aryl methyl sites for hydroxylation is 3. The van der Waals surface area contributed by atoms with Crippen LogP contribution in [0.15, 0.2) is 60.2 Å². The fourth-order valence-corrected chi connectivity index (χ4v) is 6.64. The Kier molecular flexibility index (Phi) is 5.83. The molecule has 0 spiro atoms. The van der Waals surface area contributed by atoms with Gasteiger partial charge in [0.25, 0.3) is 5.78 Å². The quantitative estimate of drug-likeness (QED) is 0.189. The maximum Gasteiger partial charge on any atom is 0.301 e. The predicted octanol–water partition coefficient (Wildman–Crippen LogP) is 6.43. The minimum absolute atomic E-state index is 0.0520. The lowest BCUT2D eigenvalue weighted by Gasteiger charge is -2.23. The SMILES string of the molecule is CCc1ccc([C@@H]2C(=C(O)c3ccc4c(c3)C[C@@H](C)O4)C(=O)C(=O)N2c2nc3c(C)cc(C)cc3s2)cc1. The maximum absolute atomic E-state index is 13.6. The molecule has 0 radical (unpaired) electrons. The molecule has 4 aromatic rings. The Morgan fingerprint density at radius 1 is 1.11 bits per heavy atom. The van der Waals surface area contributed by atoms with Crippen molar-refractivity contribution in [1.82, 2.24) is 4.98 Å². The van der Waals surface area contributed by atoms with Gasteiger partial charge in [0, 0.05) is 12.0 Å². The molecular weight excluding hydrogens is 496 g/mol. The highest BCUT2D eigenvalue weighted by Crippen LogP contribution is 2.45. The van der Waals surface area contributed by atoms with Gasteiger partial charge in [-0.2, -0.15) is 0 Å². The van der Waals surface area contributed by atoms with Crippen LogP contribution in [0.2, 0.25) is 0 Å². The van der Waals surface area contributed by atoms with E-state index in [0.29, 0.717) is 10.7 Å². The van der Waals surface area contributed by atoms with Crippen molar-refractivity contribution < 1.29 is 19.4 Å². The van der Waals surface area contributed by atoms with Crippen molar-refractivity contribution in [3.63, 3.8) is 0 Å². The van der Waals surface area contributed by atoms with Crippen LogP contribution in [0, 0.1) is 13.8 Å². The molecule has 1 aromatic heterocycles. The summed E-state index contributed by atoms with van der Waals surface area (Å²) in [7, 11) is 0. The average molecular weight is 525 g/mol. The first kappa shape index (κ1) is 24.4. The van der Waals surface area contributed by atoms with Crippen molar-refractivity contribution in [1.29, 1.82) is 0 Å². The number of carbonyl (C=O) groups is 2. The van der Waals surface area contributed by atoms with E-state index in [2.05, 4.69) is 13.0 Å². The van der Waals surface area contributed by atoms with Gasteiger partial charge >= 0.3 is 5.91 Å². The average Bonchev–Trinajstić information content (AvgIpc) is 3.56. The van der Waals surface area contributed by atoms with Crippen LogP contribution in [-0.2, 0) is 22.4 Å². The van der Waals surface area contributed by atoms with Gasteiger partial charge in [-0.15, -0.1) is 0 Å². The van der Waals surface area contributed by atoms with Crippen molar-refractivity contribution in [2.75, 3.05) is 4.90 Å². The second-order valence-electron chi connectivity index (χ2n) is 10.1. The number of aliphatic hydroxyl groups excluding tert-OH is 1. The number of thiazole rings is 1. The number of Topliss-reactive ketones (excluding diaryl/α,β-unsaturated/α-hetero) is 1. The zero-order chi connectivity index (χ0) is 26.7. The molecule has 2 aliphatic rings. The van der Waals surface area contributed by atoms with E-state index < -0.39 is 17.7 Å². The summed E-state index contributed by atoms with van der Waals surface area (Å²) in [6, 6.07) is 16.5. The molecule has 192 valence electrons. The molecule has 3 aromatic carbocycles. The number of amides is 1. The lowest BCUT2D eigenvalue weighted by molar-refractivity contribution is -0.132. The summed E-state index contributed by atoms with van der Waals surface area (Å²) >= 11 is 1.38. The third-order valence-corrected chi connectivity index (χ3v) is 8.34. The summed E-state index contributed by atoms with van der Waals surface area (Å²) in [4.78, 5) is 33.4. The van der Waals surface area contributed by atoms with E-state index in [1.54, 1.807) is 6.07 Å². The Morgan fingerprint density at radius 3 is 2.61 bits per heavy atom.